The summed E-state index contributed by atoms with van der Waals surface area (Å²) in [7, 11) is 2.13. The summed E-state index contributed by atoms with van der Waals surface area (Å²) in [6, 6.07) is 5.22. The van der Waals surface area contributed by atoms with E-state index in [1.54, 1.807) is 6.07 Å². The van der Waals surface area contributed by atoms with E-state index in [0.29, 0.717) is 17.1 Å². The van der Waals surface area contributed by atoms with Gasteiger partial charge in [-0.15, -0.1) is 0 Å². The lowest BCUT2D eigenvalue weighted by atomic mass is 10.0. The highest BCUT2D eigenvalue weighted by Crippen LogP contribution is 2.37. The van der Waals surface area contributed by atoms with Crippen molar-refractivity contribution in [2.24, 2.45) is 7.05 Å². The van der Waals surface area contributed by atoms with Crippen molar-refractivity contribution >= 4 is 17.1 Å². The largest absolute Gasteiger partial charge is 0.423 e. The first-order valence-corrected chi connectivity index (χ1v) is 9.08. The number of hydrogen-bond donors (Lipinski definition) is 0. The van der Waals surface area contributed by atoms with Crippen LogP contribution in [-0.4, -0.2) is 21.1 Å². The first kappa shape index (κ1) is 14.9. The Balaban J connectivity index is 1.54. The van der Waals surface area contributed by atoms with Crippen molar-refractivity contribution in [1.29, 1.82) is 0 Å². The second-order valence-electron chi connectivity index (χ2n) is 7.09. The van der Waals surface area contributed by atoms with Crippen molar-refractivity contribution in [2.75, 3.05) is 11.4 Å². The fourth-order valence-corrected chi connectivity index (χ4v) is 4.28. The van der Waals surface area contributed by atoms with Gasteiger partial charge in [-0.25, -0.2) is 9.37 Å². The molecule has 1 aliphatic carbocycles. The van der Waals surface area contributed by atoms with E-state index in [2.05, 4.69) is 21.5 Å². The fourth-order valence-electron chi connectivity index (χ4n) is 4.28. The van der Waals surface area contributed by atoms with E-state index in [-0.39, 0.29) is 11.9 Å². The molecule has 3 heterocycles. The Morgan fingerprint density at radius 2 is 2.04 bits per heavy atom. The van der Waals surface area contributed by atoms with Crippen LogP contribution in [0.15, 0.2) is 22.6 Å². The highest BCUT2D eigenvalue weighted by molar-refractivity contribution is 5.74. The molecule has 1 aromatic carbocycles. The van der Waals surface area contributed by atoms with Gasteiger partial charge in [0.15, 0.2) is 5.58 Å². The Hall–Kier alpha value is -2.37. The molecule has 0 saturated carbocycles. The third-order valence-electron chi connectivity index (χ3n) is 5.54. The number of benzene rings is 1. The quantitative estimate of drug-likeness (QED) is 0.709. The SMILES string of the molecule is Cn1c(C2CCCN2c2nc3cc(F)ccc3o2)nc2c1CCCC2. The monoisotopic (exact) mass is 340 g/mol. The maximum atomic E-state index is 13.4. The second-order valence-corrected chi connectivity index (χ2v) is 7.09. The number of anilines is 1. The van der Waals surface area contributed by atoms with E-state index in [0.717, 1.165) is 38.1 Å². The Kier molecular flexibility index (Phi) is 3.33. The van der Waals surface area contributed by atoms with E-state index in [1.165, 1.54) is 36.4 Å². The van der Waals surface area contributed by atoms with Crippen molar-refractivity contribution in [2.45, 2.75) is 44.6 Å². The predicted molar refractivity (Wildman–Crippen MR) is 93.1 cm³/mol. The molecule has 3 aromatic rings. The maximum Gasteiger partial charge on any atom is 0.299 e. The minimum Gasteiger partial charge on any atom is -0.423 e. The number of oxazole rings is 1. The average Bonchev–Trinajstić information content (AvgIpc) is 3.31. The third-order valence-corrected chi connectivity index (χ3v) is 5.54. The molecular weight excluding hydrogens is 319 g/mol. The summed E-state index contributed by atoms with van der Waals surface area (Å²) < 4.78 is 21.6. The zero-order valence-corrected chi connectivity index (χ0v) is 14.3. The van der Waals surface area contributed by atoms with Crippen LogP contribution in [0, 0.1) is 5.82 Å². The Labute approximate surface area is 145 Å². The van der Waals surface area contributed by atoms with Crippen molar-refractivity contribution in [3.63, 3.8) is 0 Å². The summed E-state index contributed by atoms with van der Waals surface area (Å²) >= 11 is 0. The van der Waals surface area contributed by atoms with Crippen LogP contribution < -0.4 is 4.90 Å². The number of fused-ring (bicyclic) bond motifs is 2. The number of aromatic nitrogens is 3. The van der Waals surface area contributed by atoms with Crippen LogP contribution in [0.1, 0.15) is 48.9 Å². The Morgan fingerprint density at radius 1 is 1.16 bits per heavy atom. The number of halogens is 1. The molecule has 1 saturated heterocycles. The lowest BCUT2D eigenvalue weighted by Crippen LogP contribution is -2.25. The molecule has 2 aliphatic rings. The van der Waals surface area contributed by atoms with Crippen molar-refractivity contribution in [3.8, 4) is 0 Å². The standard InChI is InChI=1S/C19H21FN4O/c1-23-15-6-3-2-5-13(15)21-18(23)16-7-4-10-24(16)19-22-14-11-12(20)8-9-17(14)25-19/h8-9,11,16H,2-7,10H2,1H3. The summed E-state index contributed by atoms with van der Waals surface area (Å²) in [5.41, 5.74) is 3.84. The molecule has 5 rings (SSSR count). The molecule has 0 bridgehead atoms. The first-order chi connectivity index (χ1) is 12.2. The molecule has 130 valence electrons. The van der Waals surface area contributed by atoms with Gasteiger partial charge in [0.05, 0.1) is 11.7 Å². The van der Waals surface area contributed by atoms with Crippen molar-refractivity contribution in [1.82, 2.24) is 14.5 Å². The van der Waals surface area contributed by atoms with Gasteiger partial charge in [-0.1, -0.05) is 0 Å². The zero-order chi connectivity index (χ0) is 17.0. The number of hydrogen-bond acceptors (Lipinski definition) is 4. The third kappa shape index (κ3) is 2.34. The minimum atomic E-state index is -0.290. The van der Waals surface area contributed by atoms with Crippen LogP contribution in [-0.2, 0) is 19.9 Å². The normalized spacial score (nSPS) is 20.4. The zero-order valence-electron chi connectivity index (χ0n) is 14.3. The van der Waals surface area contributed by atoms with E-state index < -0.39 is 0 Å². The summed E-state index contributed by atoms with van der Waals surface area (Å²) in [4.78, 5) is 11.7. The number of aryl methyl sites for hydroxylation is 1. The molecule has 1 unspecified atom stereocenters. The maximum absolute atomic E-state index is 13.4. The van der Waals surface area contributed by atoms with Crippen molar-refractivity contribution < 1.29 is 8.81 Å². The van der Waals surface area contributed by atoms with E-state index in [4.69, 9.17) is 9.40 Å². The van der Waals surface area contributed by atoms with Gasteiger partial charge in [0.25, 0.3) is 6.01 Å². The van der Waals surface area contributed by atoms with Crippen LogP contribution in [0.3, 0.4) is 0 Å². The smallest absolute Gasteiger partial charge is 0.299 e. The van der Waals surface area contributed by atoms with Gasteiger partial charge in [0.2, 0.25) is 0 Å². The predicted octanol–water partition coefficient (Wildman–Crippen LogP) is 3.92. The summed E-state index contributed by atoms with van der Waals surface area (Å²) in [6.07, 6.45) is 6.80. The van der Waals surface area contributed by atoms with Gasteiger partial charge in [0.1, 0.15) is 17.2 Å². The molecule has 0 spiro atoms. The molecule has 2 aromatic heterocycles. The molecule has 1 atom stereocenters. The molecule has 0 radical (unpaired) electrons. The van der Waals surface area contributed by atoms with Crippen LogP contribution >= 0.6 is 0 Å². The molecular formula is C19H21FN4O. The van der Waals surface area contributed by atoms with Gasteiger partial charge in [0, 0.05) is 25.4 Å². The van der Waals surface area contributed by atoms with Crippen LogP contribution in [0.2, 0.25) is 0 Å². The lowest BCUT2D eigenvalue weighted by Gasteiger charge is -2.22. The van der Waals surface area contributed by atoms with Crippen LogP contribution in [0.5, 0.6) is 0 Å². The molecule has 0 N–H and O–H groups in total. The number of rotatable bonds is 2. The van der Waals surface area contributed by atoms with Crippen LogP contribution in [0.4, 0.5) is 10.4 Å². The molecule has 25 heavy (non-hydrogen) atoms. The summed E-state index contributed by atoms with van der Waals surface area (Å²) in [5.74, 6) is 0.819. The van der Waals surface area contributed by atoms with Crippen molar-refractivity contribution in [3.05, 3.63) is 41.2 Å². The van der Waals surface area contributed by atoms with Gasteiger partial charge < -0.3 is 13.9 Å². The van der Waals surface area contributed by atoms with Crippen LogP contribution in [0.25, 0.3) is 11.1 Å². The average molecular weight is 340 g/mol. The number of nitrogens with zero attached hydrogens (tertiary/aromatic N) is 4. The fraction of sp³-hybridized carbons (Fsp3) is 0.474. The van der Waals surface area contributed by atoms with Gasteiger partial charge in [-0.3, -0.25) is 0 Å². The van der Waals surface area contributed by atoms with E-state index in [9.17, 15) is 4.39 Å². The van der Waals surface area contributed by atoms with Gasteiger partial charge >= 0.3 is 0 Å². The Bertz CT molecular complexity index is 944. The molecule has 1 fully saturated rings. The Morgan fingerprint density at radius 3 is 2.92 bits per heavy atom. The van der Waals surface area contributed by atoms with Gasteiger partial charge in [-0.05, 0) is 50.7 Å². The highest BCUT2D eigenvalue weighted by Gasteiger charge is 2.34. The lowest BCUT2D eigenvalue weighted by molar-refractivity contribution is 0.536. The van der Waals surface area contributed by atoms with E-state index >= 15 is 0 Å². The molecule has 5 nitrogen and oxygen atoms in total. The first-order valence-electron chi connectivity index (χ1n) is 9.08. The topological polar surface area (TPSA) is 47.1 Å². The minimum absolute atomic E-state index is 0.175. The van der Waals surface area contributed by atoms with Gasteiger partial charge in [-0.2, -0.15) is 4.98 Å². The van der Waals surface area contributed by atoms with E-state index in [1.807, 2.05) is 0 Å². The second kappa shape index (κ2) is 5.58. The molecule has 6 heteroatoms. The number of imidazole rings is 1. The molecule has 0 amide bonds. The highest BCUT2D eigenvalue weighted by atomic mass is 19.1. The molecule has 1 aliphatic heterocycles. The summed E-state index contributed by atoms with van der Waals surface area (Å²) in [5, 5.41) is 0. The summed E-state index contributed by atoms with van der Waals surface area (Å²) in [6.45, 7) is 0.886.